The van der Waals surface area contributed by atoms with Crippen LogP contribution in [0.25, 0.3) is 0 Å². The van der Waals surface area contributed by atoms with Crippen LogP contribution in [-0.2, 0) is 11.3 Å². The van der Waals surface area contributed by atoms with Crippen molar-refractivity contribution in [3.05, 3.63) is 29.8 Å². The third kappa shape index (κ3) is 4.63. The van der Waals surface area contributed by atoms with Gasteiger partial charge in [-0.05, 0) is 39.2 Å². The summed E-state index contributed by atoms with van der Waals surface area (Å²) >= 11 is 0. The number of benzene rings is 1. The second-order valence-electron chi connectivity index (χ2n) is 6.24. The van der Waals surface area contributed by atoms with Gasteiger partial charge in [-0.1, -0.05) is 18.2 Å². The lowest BCUT2D eigenvalue weighted by Crippen LogP contribution is -2.53. The maximum Gasteiger partial charge on any atom is 0.315 e. The molecule has 1 fully saturated rings. The predicted octanol–water partition coefficient (Wildman–Crippen LogP) is 2.28. The van der Waals surface area contributed by atoms with Crippen molar-refractivity contribution >= 4 is 11.9 Å². The van der Waals surface area contributed by atoms with Gasteiger partial charge in [0.2, 0.25) is 5.91 Å². The molecule has 0 radical (unpaired) electrons. The Morgan fingerprint density at radius 1 is 1.33 bits per heavy atom. The average Bonchev–Trinajstić information content (AvgIpc) is 2.60. The quantitative estimate of drug-likeness (QED) is 0.868. The average molecular weight is 333 g/mol. The highest BCUT2D eigenvalue weighted by molar-refractivity contribution is 5.87. The Balaban J connectivity index is 1.84. The van der Waals surface area contributed by atoms with Crippen molar-refractivity contribution in [2.45, 2.75) is 51.7 Å². The maximum atomic E-state index is 12.5. The van der Waals surface area contributed by atoms with Crippen molar-refractivity contribution < 1.29 is 14.3 Å². The van der Waals surface area contributed by atoms with Gasteiger partial charge >= 0.3 is 6.03 Å². The van der Waals surface area contributed by atoms with E-state index in [0.29, 0.717) is 6.54 Å². The summed E-state index contributed by atoms with van der Waals surface area (Å²) in [5, 5.41) is 5.50. The van der Waals surface area contributed by atoms with Gasteiger partial charge in [-0.15, -0.1) is 0 Å². The number of piperidine rings is 1. The van der Waals surface area contributed by atoms with Gasteiger partial charge in [0.1, 0.15) is 11.8 Å². The smallest absolute Gasteiger partial charge is 0.315 e. The molecule has 1 aromatic carbocycles. The molecule has 0 spiro atoms. The number of methoxy groups -OCH3 is 1. The van der Waals surface area contributed by atoms with Crippen LogP contribution >= 0.6 is 0 Å². The summed E-state index contributed by atoms with van der Waals surface area (Å²) in [6.07, 6.45) is 3.22. The highest BCUT2D eigenvalue weighted by Gasteiger charge is 2.27. The number of carbonyl (C=O) groups excluding carboxylic acids is 2. The minimum Gasteiger partial charge on any atom is -0.496 e. The van der Waals surface area contributed by atoms with E-state index in [4.69, 9.17) is 4.74 Å². The summed E-state index contributed by atoms with van der Waals surface area (Å²) in [5.41, 5.74) is 0.888. The van der Waals surface area contributed by atoms with E-state index in [9.17, 15) is 9.59 Å². The number of amides is 3. The molecule has 6 heteroatoms. The van der Waals surface area contributed by atoms with Crippen molar-refractivity contribution in [2.24, 2.45) is 0 Å². The van der Waals surface area contributed by atoms with Gasteiger partial charge in [0, 0.05) is 24.7 Å². The fourth-order valence-corrected chi connectivity index (χ4v) is 3.01. The van der Waals surface area contributed by atoms with E-state index in [1.165, 1.54) is 0 Å². The molecule has 0 unspecified atom stereocenters. The number of hydrogen-bond acceptors (Lipinski definition) is 3. The first-order valence-corrected chi connectivity index (χ1v) is 8.49. The Hall–Kier alpha value is -2.24. The number of ether oxygens (including phenoxy) is 1. The fourth-order valence-electron chi connectivity index (χ4n) is 3.01. The SMILES string of the molecule is COc1ccccc1CNC(=O)N[C@@H](C)C(=O)N1CCCC[C@H]1C. The molecule has 2 N–H and O–H groups in total. The van der Waals surface area contributed by atoms with E-state index in [-0.39, 0.29) is 18.0 Å². The first-order chi connectivity index (χ1) is 11.5. The number of carbonyl (C=O) groups is 2. The maximum absolute atomic E-state index is 12.5. The molecule has 0 aromatic heterocycles. The lowest BCUT2D eigenvalue weighted by atomic mass is 10.0. The number of para-hydroxylation sites is 1. The van der Waals surface area contributed by atoms with E-state index in [1.807, 2.05) is 29.2 Å². The molecule has 2 rings (SSSR count). The molecule has 0 bridgehead atoms. The van der Waals surface area contributed by atoms with Gasteiger partial charge in [0.15, 0.2) is 0 Å². The molecule has 3 amide bonds. The molecule has 132 valence electrons. The second kappa shape index (κ2) is 8.57. The summed E-state index contributed by atoms with van der Waals surface area (Å²) in [7, 11) is 1.60. The molecular formula is C18H27N3O3. The molecule has 1 aliphatic rings. The molecule has 1 saturated heterocycles. The van der Waals surface area contributed by atoms with Gasteiger partial charge in [-0.25, -0.2) is 4.79 Å². The van der Waals surface area contributed by atoms with Crippen LogP contribution in [0, 0.1) is 0 Å². The van der Waals surface area contributed by atoms with Crippen LogP contribution in [0.4, 0.5) is 4.79 Å². The summed E-state index contributed by atoms with van der Waals surface area (Å²) < 4.78 is 5.26. The monoisotopic (exact) mass is 333 g/mol. The normalized spacial score (nSPS) is 18.6. The fraction of sp³-hybridized carbons (Fsp3) is 0.556. The van der Waals surface area contributed by atoms with E-state index < -0.39 is 6.04 Å². The predicted molar refractivity (Wildman–Crippen MR) is 92.9 cm³/mol. The Kier molecular flexibility index (Phi) is 6.46. The summed E-state index contributed by atoms with van der Waals surface area (Å²) in [6.45, 7) is 4.91. The van der Waals surface area contributed by atoms with Crippen molar-refractivity contribution in [1.82, 2.24) is 15.5 Å². The highest BCUT2D eigenvalue weighted by Crippen LogP contribution is 2.18. The number of likely N-dealkylation sites (tertiary alicyclic amines) is 1. The van der Waals surface area contributed by atoms with Crippen LogP contribution in [-0.4, -0.2) is 42.6 Å². The number of urea groups is 1. The largest absolute Gasteiger partial charge is 0.496 e. The first-order valence-electron chi connectivity index (χ1n) is 8.49. The molecule has 2 atom stereocenters. The minimum absolute atomic E-state index is 0.0189. The van der Waals surface area contributed by atoms with Gasteiger partial charge in [-0.3, -0.25) is 4.79 Å². The minimum atomic E-state index is -0.539. The number of rotatable bonds is 5. The topological polar surface area (TPSA) is 70.7 Å². The van der Waals surface area contributed by atoms with Crippen molar-refractivity contribution in [3.8, 4) is 5.75 Å². The number of nitrogens with zero attached hydrogens (tertiary/aromatic N) is 1. The van der Waals surface area contributed by atoms with Crippen LogP contribution in [0.1, 0.15) is 38.7 Å². The number of nitrogens with one attached hydrogen (secondary N) is 2. The third-order valence-electron chi connectivity index (χ3n) is 4.44. The van der Waals surface area contributed by atoms with Gasteiger partial charge in [-0.2, -0.15) is 0 Å². The molecule has 24 heavy (non-hydrogen) atoms. The Labute approximate surface area is 143 Å². The zero-order chi connectivity index (χ0) is 17.5. The van der Waals surface area contributed by atoms with Crippen molar-refractivity contribution in [3.63, 3.8) is 0 Å². The van der Waals surface area contributed by atoms with Crippen LogP contribution in [0.15, 0.2) is 24.3 Å². The van der Waals surface area contributed by atoms with Gasteiger partial charge < -0.3 is 20.3 Å². The molecule has 0 aliphatic carbocycles. The Morgan fingerprint density at radius 2 is 2.08 bits per heavy atom. The summed E-state index contributed by atoms with van der Waals surface area (Å²) in [4.78, 5) is 26.4. The van der Waals surface area contributed by atoms with Crippen molar-refractivity contribution in [1.29, 1.82) is 0 Å². The van der Waals surface area contributed by atoms with E-state index in [0.717, 1.165) is 37.1 Å². The number of hydrogen-bond donors (Lipinski definition) is 2. The molecular weight excluding hydrogens is 306 g/mol. The zero-order valence-corrected chi connectivity index (χ0v) is 14.7. The van der Waals surface area contributed by atoms with Crippen molar-refractivity contribution in [2.75, 3.05) is 13.7 Å². The van der Waals surface area contributed by atoms with Gasteiger partial charge in [0.25, 0.3) is 0 Å². The van der Waals surface area contributed by atoms with Crippen LogP contribution in [0.5, 0.6) is 5.75 Å². The zero-order valence-electron chi connectivity index (χ0n) is 14.7. The van der Waals surface area contributed by atoms with Crippen LogP contribution in [0.3, 0.4) is 0 Å². The molecule has 6 nitrogen and oxygen atoms in total. The molecule has 1 aromatic rings. The van der Waals surface area contributed by atoms with E-state index >= 15 is 0 Å². The van der Waals surface area contributed by atoms with Crippen LogP contribution < -0.4 is 15.4 Å². The lowest BCUT2D eigenvalue weighted by molar-refractivity contribution is -0.136. The second-order valence-corrected chi connectivity index (χ2v) is 6.24. The van der Waals surface area contributed by atoms with E-state index in [2.05, 4.69) is 17.6 Å². The standard InChI is InChI=1S/C18H27N3O3/c1-13-8-6-7-11-21(13)17(22)14(2)20-18(23)19-12-15-9-4-5-10-16(15)24-3/h4-5,9-10,13-14H,6-8,11-12H2,1-3H3,(H2,19,20,23)/t13-,14+/m1/s1. The molecule has 1 aliphatic heterocycles. The first kappa shape index (κ1) is 18.1. The lowest BCUT2D eigenvalue weighted by Gasteiger charge is -2.35. The van der Waals surface area contributed by atoms with Crippen LogP contribution in [0.2, 0.25) is 0 Å². The molecule has 0 saturated carbocycles. The summed E-state index contributed by atoms with van der Waals surface area (Å²) in [5.74, 6) is 0.707. The molecule has 1 heterocycles. The third-order valence-corrected chi connectivity index (χ3v) is 4.44. The van der Waals surface area contributed by atoms with Gasteiger partial charge in [0.05, 0.1) is 7.11 Å². The Morgan fingerprint density at radius 3 is 2.79 bits per heavy atom. The Bertz CT molecular complexity index is 576. The van der Waals surface area contributed by atoms with E-state index in [1.54, 1.807) is 14.0 Å². The highest BCUT2D eigenvalue weighted by atomic mass is 16.5. The summed E-state index contributed by atoms with van der Waals surface area (Å²) in [6, 6.07) is 6.86.